The maximum absolute atomic E-state index is 11.5. The minimum Gasteiger partial charge on any atom is -0.377 e. The monoisotopic (exact) mass is 336 g/mol. The van der Waals surface area contributed by atoms with Crippen LogP contribution in [0.5, 0.6) is 0 Å². The van der Waals surface area contributed by atoms with E-state index in [1.54, 1.807) is 6.92 Å². The summed E-state index contributed by atoms with van der Waals surface area (Å²) in [5.74, 6) is 1.76. The van der Waals surface area contributed by atoms with Gasteiger partial charge in [-0.3, -0.25) is 9.79 Å². The summed E-state index contributed by atoms with van der Waals surface area (Å²) in [7, 11) is 0. The van der Waals surface area contributed by atoms with Crippen molar-refractivity contribution in [3.05, 3.63) is 0 Å². The number of piperazine rings is 1. The number of carbonyl (C=O) groups excluding carboxylic acids is 1. The zero-order valence-corrected chi connectivity index (χ0v) is 15.5. The van der Waals surface area contributed by atoms with Gasteiger partial charge in [-0.05, 0) is 19.8 Å². The standard InChI is InChI=1S/C18H32N4O2/c1-5-19-17(22-10-8-21(9-11-22)13(2)23)20-15-14-7-6-12-24-16(14)18(15,3)4/h14-16H,5-12H2,1-4H3,(H,19,20). The lowest BCUT2D eigenvalue weighted by Crippen LogP contribution is -2.71. The molecule has 3 rings (SSSR count). The van der Waals surface area contributed by atoms with Gasteiger partial charge in [0.1, 0.15) is 0 Å². The number of hydrogen-bond acceptors (Lipinski definition) is 3. The second-order valence-electron chi connectivity index (χ2n) is 7.83. The normalized spacial score (nSPS) is 32.8. The highest BCUT2D eigenvalue weighted by atomic mass is 16.5. The van der Waals surface area contributed by atoms with E-state index in [1.165, 1.54) is 6.42 Å². The molecule has 0 aromatic rings. The first-order valence-electron chi connectivity index (χ1n) is 9.38. The summed E-state index contributed by atoms with van der Waals surface area (Å²) in [4.78, 5) is 20.5. The molecular weight excluding hydrogens is 304 g/mol. The Hall–Kier alpha value is -1.30. The van der Waals surface area contributed by atoms with Crippen LogP contribution < -0.4 is 5.32 Å². The third-order valence-corrected chi connectivity index (χ3v) is 5.95. The Kier molecular flexibility index (Phi) is 5.04. The van der Waals surface area contributed by atoms with Gasteiger partial charge in [0, 0.05) is 63.6 Å². The van der Waals surface area contributed by atoms with Crippen molar-refractivity contribution < 1.29 is 9.53 Å². The van der Waals surface area contributed by atoms with Crippen LogP contribution in [0.3, 0.4) is 0 Å². The van der Waals surface area contributed by atoms with Crippen molar-refractivity contribution in [1.82, 2.24) is 15.1 Å². The van der Waals surface area contributed by atoms with E-state index in [9.17, 15) is 4.79 Å². The van der Waals surface area contributed by atoms with E-state index in [2.05, 4.69) is 31.0 Å². The van der Waals surface area contributed by atoms with Crippen LogP contribution in [0.15, 0.2) is 4.99 Å². The van der Waals surface area contributed by atoms with E-state index in [1.807, 2.05) is 4.90 Å². The van der Waals surface area contributed by atoms with Gasteiger partial charge in [0.15, 0.2) is 5.96 Å². The lowest BCUT2D eigenvalue weighted by molar-refractivity contribution is -0.188. The lowest BCUT2D eigenvalue weighted by atomic mass is 9.55. The molecule has 3 atom stereocenters. The van der Waals surface area contributed by atoms with Gasteiger partial charge in [-0.1, -0.05) is 13.8 Å². The van der Waals surface area contributed by atoms with Crippen LogP contribution in [0, 0.1) is 11.3 Å². The first-order chi connectivity index (χ1) is 11.4. The second kappa shape index (κ2) is 6.90. The third kappa shape index (κ3) is 3.13. The van der Waals surface area contributed by atoms with Gasteiger partial charge >= 0.3 is 0 Å². The van der Waals surface area contributed by atoms with Crippen LogP contribution in [0.4, 0.5) is 0 Å². The number of rotatable bonds is 2. The molecule has 1 saturated carbocycles. The summed E-state index contributed by atoms with van der Waals surface area (Å²) in [6, 6.07) is 0.416. The number of ether oxygens (including phenoxy) is 1. The van der Waals surface area contributed by atoms with Gasteiger partial charge in [-0.15, -0.1) is 0 Å². The molecule has 2 saturated heterocycles. The first-order valence-corrected chi connectivity index (χ1v) is 9.38. The van der Waals surface area contributed by atoms with Crippen LogP contribution >= 0.6 is 0 Å². The zero-order valence-electron chi connectivity index (χ0n) is 15.5. The molecule has 3 aliphatic rings. The Balaban J connectivity index is 1.65. The molecule has 2 heterocycles. The van der Waals surface area contributed by atoms with Gasteiger partial charge < -0.3 is 19.9 Å². The van der Waals surface area contributed by atoms with Crippen molar-refractivity contribution in [2.45, 2.75) is 52.7 Å². The fourth-order valence-corrected chi connectivity index (χ4v) is 4.57. The van der Waals surface area contributed by atoms with Crippen LogP contribution in [0.2, 0.25) is 0 Å². The fraction of sp³-hybridized carbons (Fsp3) is 0.889. The van der Waals surface area contributed by atoms with Crippen molar-refractivity contribution in [2.24, 2.45) is 16.3 Å². The molecule has 1 N–H and O–H groups in total. The number of amides is 1. The SMILES string of the molecule is CCN=C(NC1C2CCCOC2C1(C)C)N1CCN(C(C)=O)CC1. The summed E-state index contributed by atoms with van der Waals surface area (Å²) >= 11 is 0. The zero-order chi connectivity index (χ0) is 17.3. The molecule has 3 fully saturated rings. The summed E-state index contributed by atoms with van der Waals surface area (Å²) < 4.78 is 6.01. The predicted octanol–water partition coefficient (Wildman–Crippen LogP) is 1.32. The van der Waals surface area contributed by atoms with Crippen LogP contribution in [-0.2, 0) is 9.53 Å². The van der Waals surface area contributed by atoms with E-state index >= 15 is 0 Å². The van der Waals surface area contributed by atoms with Gasteiger partial charge in [-0.2, -0.15) is 0 Å². The van der Waals surface area contributed by atoms with E-state index in [0.29, 0.717) is 18.1 Å². The number of hydrogen-bond donors (Lipinski definition) is 1. The number of aliphatic imine (C=N–C) groups is 1. The molecule has 1 amide bonds. The molecule has 6 heteroatoms. The number of carbonyl (C=O) groups is 1. The molecule has 0 bridgehead atoms. The molecule has 0 aromatic heterocycles. The average Bonchev–Trinajstić information content (AvgIpc) is 2.58. The van der Waals surface area contributed by atoms with Crippen molar-refractivity contribution in [1.29, 1.82) is 0 Å². The fourth-order valence-electron chi connectivity index (χ4n) is 4.57. The highest BCUT2D eigenvalue weighted by Crippen LogP contribution is 2.51. The Bertz CT molecular complexity index is 497. The molecule has 136 valence electrons. The first kappa shape index (κ1) is 17.5. The Labute approximate surface area is 145 Å². The highest BCUT2D eigenvalue weighted by Gasteiger charge is 2.58. The van der Waals surface area contributed by atoms with Gasteiger partial charge in [0.05, 0.1) is 6.10 Å². The number of nitrogens with zero attached hydrogens (tertiary/aromatic N) is 3. The van der Waals surface area contributed by atoms with Crippen LogP contribution in [-0.4, -0.2) is 73.1 Å². The Morgan fingerprint density at radius 3 is 2.54 bits per heavy atom. The summed E-state index contributed by atoms with van der Waals surface area (Å²) in [5, 5.41) is 3.75. The van der Waals surface area contributed by atoms with Crippen molar-refractivity contribution >= 4 is 11.9 Å². The minimum absolute atomic E-state index is 0.140. The highest BCUT2D eigenvalue weighted by molar-refractivity contribution is 5.81. The number of fused-ring (bicyclic) bond motifs is 1. The quantitative estimate of drug-likeness (QED) is 0.610. The van der Waals surface area contributed by atoms with Gasteiger partial charge in [0.2, 0.25) is 5.91 Å². The molecule has 0 aromatic carbocycles. The smallest absolute Gasteiger partial charge is 0.219 e. The molecule has 0 radical (unpaired) electrons. The van der Waals surface area contributed by atoms with E-state index in [-0.39, 0.29) is 11.3 Å². The molecule has 3 unspecified atom stereocenters. The maximum Gasteiger partial charge on any atom is 0.219 e. The Morgan fingerprint density at radius 2 is 1.92 bits per heavy atom. The third-order valence-electron chi connectivity index (χ3n) is 5.95. The van der Waals surface area contributed by atoms with E-state index < -0.39 is 0 Å². The maximum atomic E-state index is 11.5. The second-order valence-corrected chi connectivity index (χ2v) is 7.83. The van der Waals surface area contributed by atoms with Crippen LogP contribution in [0.25, 0.3) is 0 Å². The largest absolute Gasteiger partial charge is 0.377 e. The molecule has 24 heavy (non-hydrogen) atoms. The van der Waals surface area contributed by atoms with Gasteiger partial charge in [0.25, 0.3) is 0 Å². The lowest BCUT2D eigenvalue weighted by Gasteiger charge is -2.60. The molecule has 1 aliphatic carbocycles. The van der Waals surface area contributed by atoms with E-state index in [4.69, 9.17) is 9.73 Å². The van der Waals surface area contributed by atoms with Crippen molar-refractivity contribution in [3.8, 4) is 0 Å². The topological polar surface area (TPSA) is 57.2 Å². The molecule has 0 spiro atoms. The minimum atomic E-state index is 0.140. The number of nitrogens with one attached hydrogen (secondary N) is 1. The number of guanidine groups is 1. The summed E-state index contributed by atoms with van der Waals surface area (Å²) in [6.45, 7) is 13.3. The van der Waals surface area contributed by atoms with Crippen molar-refractivity contribution in [3.63, 3.8) is 0 Å². The molecular formula is C18H32N4O2. The summed E-state index contributed by atoms with van der Waals surface area (Å²) in [5.41, 5.74) is 0.140. The van der Waals surface area contributed by atoms with Crippen molar-refractivity contribution in [2.75, 3.05) is 39.3 Å². The van der Waals surface area contributed by atoms with Crippen LogP contribution in [0.1, 0.15) is 40.5 Å². The average molecular weight is 336 g/mol. The van der Waals surface area contributed by atoms with E-state index in [0.717, 1.165) is 51.7 Å². The molecule has 2 aliphatic heterocycles. The summed E-state index contributed by atoms with van der Waals surface area (Å²) in [6.07, 6.45) is 2.78. The Morgan fingerprint density at radius 1 is 1.25 bits per heavy atom. The van der Waals surface area contributed by atoms with Gasteiger partial charge in [-0.25, -0.2) is 0 Å². The molecule has 6 nitrogen and oxygen atoms in total. The predicted molar refractivity (Wildman–Crippen MR) is 95.0 cm³/mol.